The second kappa shape index (κ2) is 11.7. The van der Waals surface area contributed by atoms with Gasteiger partial charge in [-0.15, -0.1) is 23.1 Å². The van der Waals surface area contributed by atoms with Crippen LogP contribution in [0, 0.1) is 12.8 Å². The van der Waals surface area contributed by atoms with E-state index in [9.17, 15) is 9.59 Å². The van der Waals surface area contributed by atoms with E-state index in [1.54, 1.807) is 18.3 Å². The van der Waals surface area contributed by atoms with Crippen molar-refractivity contribution in [3.63, 3.8) is 0 Å². The molecule has 2 amide bonds. The molecule has 0 unspecified atom stereocenters. The van der Waals surface area contributed by atoms with Crippen LogP contribution in [0.15, 0.2) is 47.8 Å². The smallest absolute Gasteiger partial charge is 0.337 e. The van der Waals surface area contributed by atoms with Gasteiger partial charge in [0.2, 0.25) is 0 Å². The Labute approximate surface area is 200 Å². The second-order valence-electron chi connectivity index (χ2n) is 7.70. The van der Waals surface area contributed by atoms with E-state index in [1.165, 1.54) is 29.3 Å². The van der Waals surface area contributed by atoms with Crippen molar-refractivity contribution in [2.45, 2.75) is 32.2 Å². The summed E-state index contributed by atoms with van der Waals surface area (Å²) in [5.41, 5.74) is 1.82. The maximum Gasteiger partial charge on any atom is 0.337 e. The highest BCUT2D eigenvalue weighted by molar-refractivity contribution is 7.99. The van der Waals surface area contributed by atoms with Gasteiger partial charge >= 0.3 is 12.0 Å². The van der Waals surface area contributed by atoms with E-state index < -0.39 is 5.97 Å². The summed E-state index contributed by atoms with van der Waals surface area (Å²) in [6, 6.07) is 8.50. The largest absolute Gasteiger partial charge is 0.491 e. The molecule has 8 nitrogen and oxygen atoms in total. The highest BCUT2D eigenvalue weighted by Gasteiger charge is 2.12. The van der Waals surface area contributed by atoms with E-state index in [4.69, 9.17) is 9.84 Å². The monoisotopic (exact) mass is 486 g/mol. The number of rotatable bonds is 10. The SMILES string of the molecule is Cc1ccc(NC(=O)Nc2ncc(CCSc3ccc(C(=O)O)cn3)s2)c(OCC(C)C)c1. The number of amides is 2. The summed E-state index contributed by atoms with van der Waals surface area (Å²) in [6.07, 6.45) is 3.84. The average Bonchev–Trinajstić information content (AvgIpc) is 3.21. The fourth-order valence-corrected chi connectivity index (χ4v) is 4.45. The van der Waals surface area contributed by atoms with Gasteiger partial charge in [-0.1, -0.05) is 19.9 Å². The number of carboxylic acids is 1. The Morgan fingerprint density at radius 1 is 1.15 bits per heavy atom. The van der Waals surface area contributed by atoms with Crippen LogP contribution in [-0.4, -0.2) is 39.4 Å². The minimum atomic E-state index is -0.991. The Hall–Kier alpha value is -3.11. The molecule has 33 heavy (non-hydrogen) atoms. The molecule has 3 aromatic rings. The standard InChI is InChI=1S/C23H26N4O4S2/c1-14(2)13-31-19-10-15(3)4-6-18(19)26-22(30)27-23-25-12-17(33-23)8-9-32-20-7-5-16(11-24-20)21(28)29/h4-7,10-12,14H,8-9,13H2,1-3H3,(H,28,29)(H2,25,26,27,30). The first kappa shape index (κ1) is 24.5. The predicted molar refractivity (Wildman–Crippen MR) is 132 cm³/mol. The second-order valence-corrected chi connectivity index (χ2v) is 9.93. The Morgan fingerprint density at radius 2 is 1.97 bits per heavy atom. The quantitative estimate of drug-likeness (QED) is 0.322. The zero-order chi connectivity index (χ0) is 23.8. The van der Waals surface area contributed by atoms with Crippen molar-refractivity contribution in [1.82, 2.24) is 9.97 Å². The number of aromatic carboxylic acids is 1. The maximum absolute atomic E-state index is 12.5. The fourth-order valence-electron chi connectivity index (χ4n) is 2.69. The molecule has 10 heteroatoms. The number of thioether (sulfide) groups is 1. The number of ether oxygens (including phenoxy) is 1. The summed E-state index contributed by atoms with van der Waals surface area (Å²) in [5, 5.41) is 15.8. The molecule has 0 atom stereocenters. The van der Waals surface area contributed by atoms with Crippen molar-refractivity contribution in [3.8, 4) is 5.75 Å². The number of hydrogen-bond acceptors (Lipinski definition) is 7. The van der Waals surface area contributed by atoms with Gasteiger partial charge in [0.15, 0.2) is 5.13 Å². The van der Waals surface area contributed by atoms with Gasteiger partial charge in [0.25, 0.3) is 0 Å². The normalized spacial score (nSPS) is 10.8. The molecule has 0 radical (unpaired) electrons. The van der Waals surface area contributed by atoms with Crippen molar-refractivity contribution in [1.29, 1.82) is 0 Å². The first-order valence-corrected chi connectivity index (χ1v) is 12.2. The summed E-state index contributed by atoms with van der Waals surface area (Å²) in [4.78, 5) is 32.8. The maximum atomic E-state index is 12.5. The lowest BCUT2D eigenvalue weighted by Gasteiger charge is -2.14. The number of carbonyl (C=O) groups excluding carboxylic acids is 1. The van der Waals surface area contributed by atoms with Gasteiger partial charge in [-0.05, 0) is 49.1 Å². The van der Waals surface area contributed by atoms with Crippen LogP contribution in [0.4, 0.5) is 15.6 Å². The zero-order valence-corrected chi connectivity index (χ0v) is 20.3. The van der Waals surface area contributed by atoms with Crippen molar-refractivity contribution in [3.05, 3.63) is 58.7 Å². The Bertz CT molecular complexity index is 1100. The van der Waals surface area contributed by atoms with Crippen LogP contribution in [-0.2, 0) is 6.42 Å². The molecule has 0 aliphatic carbocycles. The number of thiazole rings is 1. The number of carboxylic acid groups (broad SMARTS) is 1. The van der Waals surface area contributed by atoms with E-state index in [1.807, 2.05) is 25.1 Å². The molecular formula is C23H26N4O4S2. The third-order valence-corrected chi connectivity index (χ3v) is 6.23. The summed E-state index contributed by atoms with van der Waals surface area (Å²) in [5.74, 6) is 0.779. The highest BCUT2D eigenvalue weighted by atomic mass is 32.2. The lowest BCUT2D eigenvalue weighted by molar-refractivity contribution is 0.0696. The topological polar surface area (TPSA) is 113 Å². The van der Waals surface area contributed by atoms with Crippen LogP contribution in [0.3, 0.4) is 0 Å². The summed E-state index contributed by atoms with van der Waals surface area (Å²) in [7, 11) is 0. The molecule has 0 fully saturated rings. The van der Waals surface area contributed by atoms with Gasteiger partial charge in [0, 0.05) is 23.0 Å². The van der Waals surface area contributed by atoms with Crippen LogP contribution in [0.1, 0.15) is 34.6 Å². The number of pyridine rings is 1. The number of benzene rings is 1. The Balaban J connectivity index is 1.50. The predicted octanol–water partition coefficient (Wildman–Crippen LogP) is 5.56. The molecule has 1 aromatic carbocycles. The molecule has 0 saturated carbocycles. The summed E-state index contributed by atoms with van der Waals surface area (Å²) in [6.45, 7) is 6.68. The zero-order valence-electron chi connectivity index (χ0n) is 18.6. The molecule has 3 N–H and O–H groups in total. The minimum Gasteiger partial charge on any atom is -0.491 e. The third kappa shape index (κ3) is 7.76. The van der Waals surface area contributed by atoms with E-state index in [0.29, 0.717) is 29.1 Å². The van der Waals surface area contributed by atoms with Crippen molar-refractivity contribution < 1.29 is 19.4 Å². The number of urea groups is 1. The van der Waals surface area contributed by atoms with Crippen molar-refractivity contribution in [2.24, 2.45) is 5.92 Å². The molecule has 2 aromatic heterocycles. The number of anilines is 2. The number of aryl methyl sites for hydroxylation is 2. The van der Waals surface area contributed by atoms with E-state index in [2.05, 4.69) is 34.4 Å². The minimum absolute atomic E-state index is 0.167. The molecule has 2 heterocycles. The molecule has 0 aliphatic rings. The van der Waals surface area contributed by atoms with Crippen molar-refractivity contribution >= 4 is 45.9 Å². The molecule has 174 valence electrons. The molecule has 0 bridgehead atoms. The van der Waals surface area contributed by atoms with E-state index >= 15 is 0 Å². The Morgan fingerprint density at radius 3 is 2.67 bits per heavy atom. The first-order valence-electron chi connectivity index (χ1n) is 10.4. The van der Waals surface area contributed by atoms with Crippen LogP contribution >= 0.6 is 23.1 Å². The summed E-state index contributed by atoms with van der Waals surface area (Å²) < 4.78 is 5.84. The molecule has 3 rings (SSSR count). The lowest BCUT2D eigenvalue weighted by atomic mass is 10.2. The first-order chi connectivity index (χ1) is 15.8. The highest BCUT2D eigenvalue weighted by Crippen LogP contribution is 2.27. The molecule has 0 saturated heterocycles. The number of hydrogen-bond donors (Lipinski definition) is 3. The van der Waals surface area contributed by atoms with Gasteiger partial charge in [-0.25, -0.2) is 19.6 Å². The third-order valence-electron chi connectivity index (χ3n) is 4.31. The van der Waals surface area contributed by atoms with Gasteiger partial charge in [-0.3, -0.25) is 5.32 Å². The van der Waals surface area contributed by atoms with Gasteiger partial charge < -0.3 is 15.2 Å². The summed E-state index contributed by atoms with van der Waals surface area (Å²) >= 11 is 2.94. The van der Waals surface area contributed by atoms with Crippen LogP contribution in [0.2, 0.25) is 0 Å². The van der Waals surface area contributed by atoms with Crippen molar-refractivity contribution in [2.75, 3.05) is 23.0 Å². The fraction of sp³-hybridized carbons (Fsp3) is 0.304. The van der Waals surface area contributed by atoms with Gasteiger partial charge in [0.05, 0.1) is 22.9 Å². The van der Waals surface area contributed by atoms with E-state index in [0.717, 1.165) is 27.6 Å². The number of nitrogens with one attached hydrogen (secondary N) is 2. The van der Waals surface area contributed by atoms with Crippen LogP contribution in [0.5, 0.6) is 5.75 Å². The van der Waals surface area contributed by atoms with Gasteiger partial charge in [0.1, 0.15) is 5.75 Å². The average molecular weight is 487 g/mol. The molecule has 0 spiro atoms. The number of carbonyl (C=O) groups is 2. The Kier molecular flexibility index (Phi) is 8.67. The molecular weight excluding hydrogens is 460 g/mol. The van der Waals surface area contributed by atoms with Gasteiger partial charge in [-0.2, -0.15) is 0 Å². The van der Waals surface area contributed by atoms with Crippen LogP contribution in [0.25, 0.3) is 0 Å². The number of aromatic nitrogens is 2. The van der Waals surface area contributed by atoms with Crippen LogP contribution < -0.4 is 15.4 Å². The lowest BCUT2D eigenvalue weighted by Crippen LogP contribution is -2.20. The molecule has 0 aliphatic heterocycles. The number of nitrogens with zero attached hydrogens (tertiary/aromatic N) is 2. The van der Waals surface area contributed by atoms with E-state index in [-0.39, 0.29) is 11.6 Å².